The van der Waals surface area contributed by atoms with Crippen LogP contribution in [0.2, 0.25) is 0 Å². The maximum absolute atomic E-state index is 6.62. The van der Waals surface area contributed by atoms with Crippen LogP contribution >= 0.6 is 0 Å². The summed E-state index contributed by atoms with van der Waals surface area (Å²) in [5.41, 5.74) is 2.79. The third-order valence-electron chi connectivity index (χ3n) is 17.9. The predicted molar refractivity (Wildman–Crippen MR) is 267 cm³/mol. The molecule has 0 amide bonds. The molecule has 5 rings (SSSR count). The first-order chi connectivity index (χ1) is 30.3. The van der Waals surface area contributed by atoms with E-state index in [1.165, 1.54) is 206 Å². The van der Waals surface area contributed by atoms with Crippen LogP contribution in [0.25, 0.3) is 0 Å². The maximum Gasteiger partial charge on any atom is 0.0644 e. The second kappa shape index (κ2) is 29.2. The van der Waals surface area contributed by atoms with Crippen molar-refractivity contribution in [3.63, 3.8) is 0 Å². The molecule has 5 aliphatic rings. The van der Waals surface area contributed by atoms with Crippen molar-refractivity contribution in [3.8, 4) is 0 Å². The van der Waals surface area contributed by atoms with E-state index < -0.39 is 0 Å². The van der Waals surface area contributed by atoms with Crippen LogP contribution in [0.3, 0.4) is 0 Å². The summed E-state index contributed by atoms with van der Waals surface area (Å²) in [4.78, 5) is 2.63. The van der Waals surface area contributed by atoms with Gasteiger partial charge in [0.25, 0.3) is 0 Å². The molecule has 4 nitrogen and oxygen atoms in total. The molecule has 360 valence electrons. The molecular weight excluding hydrogens is 759 g/mol. The quantitative estimate of drug-likeness (QED) is 0.0476. The minimum Gasteiger partial charge on any atom is -0.380 e. The first kappa shape index (κ1) is 52.3. The van der Waals surface area contributed by atoms with Gasteiger partial charge in [0.15, 0.2) is 0 Å². The number of allylic oxidation sites excluding steroid dienone is 3. The lowest BCUT2D eigenvalue weighted by Gasteiger charge is -2.58. The molecule has 3 saturated carbocycles. The average molecular weight is 864 g/mol. The standard InChI is InChI=1S/C58H105NO3/c1-7-8-9-10-11-12-13-14-15-16-17-18-19-20-21-26-42-60-46-51(59-40-24-25-41-59)47-61-43-27-22-23-28-44-62-52-36-38-57(5)50(45-52)32-33-53-55-35-34-54(49(4)31-29-30-48(2)3)58(55,6)39-37-56(53)57/h14-15,32,48-49,51-56H,7-13,16-31,33-47H2,1-6H3/t49-,51+,52+,53+,54-,55?,56?,57+,58-/m1/s1. The van der Waals surface area contributed by atoms with Crippen molar-refractivity contribution < 1.29 is 14.2 Å². The summed E-state index contributed by atoms with van der Waals surface area (Å²) >= 11 is 0. The molecule has 2 unspecified atom stereocenters. The zero-order chi connectivity index (χ0) is 43.9. The summed E-state index contributed by atoms with van der Waals surface area (Å²) in [6.45, 7) is 21.9. The van der Waals surface area contributed by atoms with Gasteiger partial charge in [-0.15, -0.1) is 0 Å². The summed E-state index contributed by atoms with van der Waals surface area (Å²) < 4.78 is 19.2. The number of likely N-dealkylation sites (tertiary alicyclic amines) is 1. The number of hydrogen-bond donors (Lipinski definition) is 0. The lowest BCUT2D eigenvalue weighted by Crippen LogP contribution is -2.51. The molecule has 0 aromatic rings. The van der Waals surface area contributed by atoms with E-state index in [0.717, 1.165) is 75.0 Å². The molecule has 4 heteroatoms. The molecule has 62 heavy (non-hydrogen) atoms. The summed E-state index contributed by atoms with van der Waals surface area (Å²) in [6, 6.07) is 0.425. The Hall–Kier alpha value is -0.680. The first-order valence-corrected chi connectivity index (χ1v) is 28.1. The Morgan fingerprint density at radius 3 is 1.92 bits per heavy atom. The highest BCUT2D eigenvalue weighted by atomic mass is 16.5. The normalized spacial score (nSPS) is 29.9. The number of rotatable bonds is 34. The van der Waals surface area contributed by atoms with Gasteiger partial charge in [-0.05, 0) is 169 Å². The van der Waals surface area contributed by atoms with Crippen LogP contribution in [0.1, 0.15) is 241 Å². The van der Waals surface area contributed by atoms with E-state index in [1.54, 1.807) is 5.57 Å². The van der Waals surface area contributed by atoms with Gasteiger partial charge in [0.05, 0.1) is 25.4 Å². The van der Waals surface area contributed by atoms with E-state index in [1.807, 2.05) is 0 Å². The number of unbranched alkanes of at least 4 members (excludes halogenated alkanes) is 15. The van der Waals surface area contributed by atoms with Crippen molar-refractivity contribution in [1.29, 1.82) is 0 Å². The fraction of sp³-hybridized carbons (Fsp3) is 0.931. The third kappa shape index (κ3) is 16.6. The Kier molecular flexibility index (Phi) is 24.6. The smallest absolute Gasteiger partial charge is 0.0644 e. The zero-order valence-corrected chi connectivity index (χ0v) is 42.4. The third-order valence-corrected chi connectivity index (χ3v) is 17.9. The van der Waals surface area contributed by atoms with Crippen molar-refractivity contribution in [2.45, 2.75) is 253 Å². The second-order valence-electron chi connectivity index (χ2n) is 22.9. The van der Waals surface area contributed by atoms with Crippen LogP contribution in [0.4, 0.5) is 0 Å². The van der Waals surface area contributed by atoms with Crippen molar-refractivity contribution in [1.82, 2.24) is 4.90 Å². The summed E-state index contributed by atoms with van der Waals surface area (Å²) in [7, 11) is 0. The molecule has 4 fully saturated rings. The van der Waals surface area contributed by atoms with Crippen LogP contribution in [-0.4, -0.2) is 63.2 Å². The Balaban J connectivity index is 0.863. The molecule has 0 bridgehead atoms. The molecule has 0 aromatic carbocycles. The lowest BCUT2D eigenvalue weighted by atomic mass is 9.47. The van der Waals surface area contributed by atoms with Gasteiger partial charge < -0.3 is 14.2 Å². The Bertz CT molecular complexity index is 1220. The molecule has 1 heterocycles. The van der Waals surface area contributed by atoms with Gasteiger partial charge >= 0.3 is 0 Å². The number of hydrogen-bond acceptors (Lipinski definition) is 4. The summed E-state index contributed by atoms with van der Waals surface area (Å²) in [5.74, 6) is 5.49. The number of nitrogens with zero attached hydrogens (tertiary/aromatic N) is 1. The first-order valence-electron chi connectivity index (χ1n) is 28.1. The molecule has 0 aromatic heterocycles. The van der Waals surface area contributed by atoms with E-state index in [9.17, 15) is 0 Å². The molecule has 4 aliphatic carbocycles. The van der Waals surface area contributed by atoms with Gasteiger partial charge in [-0.3, -0.25) is 4.90 Å². The van der Waals surface area contributed by atoms with Crippen LogP contribution in [0, 0.1) is 46.3 Å². The molecule has 0 N–H and O–H groups in total. The van der Waals surface area contributed by atoms with E-state index in [0.29, 0.717) is 23.0 Å². The van der Waals surface area contributed by atoms with Crippen LogP contribution in [0.5, 0.6) is 0 Å². The highest BCUT2D eigenvalue weighted by Gasteiger charge is 2.59. The predicted octanol–water partition coefficient (Wildman–Crippen LogP) is 16.5. The van der Waals surface area contributed by atoms with Crippen molar-refractivity contribution in [2.75, 3.05) is 46.1 Å². The molecule has 1 aliphatic heterocycles. The van der Waals surface area contributed by atoms with E-state index in [2.05, 4.69) is 64.7 Å². The fourth-order valence-corrected chi connectivity index (χ4v) is 14.0. The van der Waals surface area contributed by atoms with Gasteiger partial charge in [0, 0.05) is 19.8 Å². The Morgan fingerprint density at radius 1 is 0.661 bits per heavy atom. The van der Waals surface area contributed by atoms with Gasteiger partial charge in [-0.25, -0.2) is 0 Å². The lowest BCUT2D eigenvalue weighted by molar-refractivity contribution is -0.0641. The van der Waals surface area contributed by atoms with Crippen molar-refractivity contribution in [3.05, 3.63) is 23.8 Å². The van der Waals surface area contributed by atoms with Gasteiger partial charge in [-0.1, -0.05) is 155 Å². The van der Waals surface area contributed by atoms with Gasteiger partial charge in [0.1, 0.15) is 0 Å². The molecule has 0 spiro atoms. The summed E-state index contributed by atoms with van der Waals surface area (Å²) in [5, 5.41) is 0. The highest BCUT2D eigenvalue weighted by molar-refractivity contribution is 5.25. The van der Waals surface area contributed by atoms with E-state index >= 15 is 0 Å². The van der Waals surface area contributed by atoms with E-state index in [4.69, 9.17) is 14.2 Å². The van der Waals surface area contributed by atoms with Gasteiger partial charge in [0.2, 0.25) is 0 Å². The minimum absolute atomic E-state index is 0.425. The van der Waals surface area contributed by atoms with Gasteiger partial charge in [-0.2, -0.15) is 0 Å². The Morgan fingerprint density at radius 2 is 1.27 bits per heavy atom. The van der Waals surface area contributed by atoms with Crippen molar-refractivity contribution >= 4 is 0 Å². The number of ether oxygens (including phenoxy) is 3. The van der Waals surface area contributed by atoms with Crippen LogP contribution < -0.4 is 0 Å². The molecule has 1 saturated heterocycles. The molecule has 0 radical (unpaired) electrons. The second-order valence-corrected chi connectivity index (χ2v) is 22.9. The Labute approximate surface area is 386 Å². The molecule has 9 atom stereocenters. The van der Waals surface area contributed by atoms with Crippen LogP contribution in [-0.2, 0) is 14.2 Å². The largest absolute Gasteiger partial charge is 0.380 e. The highest BCUT2D eigenvalue weighted by Crippen LogP contribution is 2.67. The molecular formula is C58H105NO3. The maximum atomic E-state index is 6.62. The van der Waals surface area contributed by atoms with Crippen molar-refractivity contribution in [2.24, 2.45) is 46.3 Å². The summed E-state index contributed by atoms with van der Waals surface area (Å²) in [6.07, 6.45) is 49.9. The monoisotopic (exact) mass is 864 g/mol. The topological polar surface area (TPSA) is 30.9 Å². The average Bonchev–Trinajstić information content (AvgIpc) is 3.93. The number of fused-ring (bicyclic) bond motifs is 5. The van der Waals surface area contributed by atoms with Crippen LogP contribution in [0.15, 0.2) is 23.8 Å². The SMILES string of the molecule is CCCCCCCCC=CCCCCCCCCOC[C@@H](COCCCCCCO[C@H]1CC[C@@]2(C)C(=CC[C@@H]3C2CC[C@@]2(C)C3CC[C@@H]2[C@H](C)CCCC(C)C)C1)N1CCCC1. The minimum atomic E-state index is 0.425. The van der Waals surface area contributed by atoms with E-state index in [-0.39, 0.29) is 0 Å². The zero-order valence-electron chi connectivity index (χ0n) is 42.4. The fourth-order valence-electron chi connectivity index (χ4n) is 14.0.